The van der Waals surface area contributed by atoms with E-state index in [9.17, 15) is 28.6 Å². The third-order valence-electron chi connectivity index (χ3n) is 10.00. The molecule has 3 aromatic carbocycles. The molecule has 0 radical (unpaired) electrons. The van der Waals surface area contributed by atoms with E-state index in [1.54, 1.807) is 0 Å². The Morgan fingerprint density at radius 2 is 1.28 bits per heavy atom. The second kappa shape index (κ2) is 21.3. The number of unbranched alkanes of at least 4 members (excludes halogenated alkanes) is 2. The minimum atomic E-state index is -4.07. The molecule has 0 aliphatic heterocycles. The van der Waals surface area contributed by atoms with Crippen molar-refractivity contribution in [1.82, 2.24) is 21.3 Å². The minimum absolute atomic E-state index is 0.00213. The number of amides is 4. The van der Waals surface area contributed by atoms with Crippen LogP contribution in [0.2, 0.25) is 0 Å². The molecule has 0 heterocycles. The zero-order chi connectivity index (χ0) is 38.1. The van der Waals surface area contributed by atoms with Crippen molar-refractivity contribution in [1.29, 1.82) is 0 Å². The van der Waals surface area contributed by atoms with Crippen LogP contribution in [0.15, 0.2) is 91.0 Å². The molecule has 0 spiro atoms. The first kappa shape index (κ1) is 41.3. The van der Waals surface area contributed by atoms with Gasteiger partial charge in [-0.2, -0.15) is 0 Å². The Kier molecular flexibility index (Phi) is 16.6. The van der Waals surface area contributed by atoms with Crippen LogP contribution in [0, 0.1) is 11.8 Å². The Labute approximate surface area is 313 Å². The Morgan fingerprint density at radius 1 is 0.774 bits per heavy atom. The molecule has 1 aliphatic carbocycles. The molecule has 0 bridgehead atoms. The summed E-state index contributed by atoms with van der Waals surface area (Å²) in [6.45, 7) is 4.17. The van der Waals surface area contributed by atoms with Crippen LogP contribution >= 0.6 is 7.37 Å². The fourth-order valence-corrected chi connectivity index (χ4v) is 9.04. The van der Waals surface area contributed by atoms with Crippen molar-refractivity contribution in [3.8, 4) is 0 Å². The van der Waals surface area contributed by atoms with Crippen molar-refractivity contribution in [3.63, 3.8) is 0 Å². The first-order valence-corrected chi connectivity index (χ1v) is 20.7. The molecule has 11 nitrogen and oxygen atoms in total. The molecule has 0 aromatic heterocycles. The van der Waals surface area contributed by atoms with Gasteiger partial charge in [-0.3, -0.25) is 18.9 Å². The summed E-state index contributed by atoms with van der Waals surface area (Å²) in [5, 5.41) is 11.2. The maximum Gasteiger partial charge on any atom is 0.408 e. The van der Waals surface area contributed by atoms with Crippen LogP contribution in [0.4, 0.5) is 4.79 Å². The fourth-order valence-electron chi connectivity index (χ4n) is 6.92. The largest absolute Gasteiger partial charge is 0.445 e. The summed E-state index contributed by atoms with van der Waals surface area (Å²) in [5.74, 6) is -2.17. The summed E-state index contributed by atoms with van der Waals surface area (Å²) >= 11 is 0. The Morgan fingerprint density at radius 3 is 1.81 bits per heavy atom. The van der Waals surface area contributed by atoms with Gasteiger partial charge in [-0.25, -0.2) is 4.79 Å². The average Bonchev–Trinajstić information content (AvgIpc) is 3.16. The molecule has 0 saturated heterocycles. The van der Waals surface area contributed by atoms with Crippen molar-refractivity contribution < 1.29 is 33.4 Å². The van der Waals surface area contributed by atoms with Gasteiger partial charge in [0.1, 0.15) is 24.5 Å². The van der Waals surface area contributed by atoms with E-state index in [-0.39, 0.29) is 31.5 Å². The van der Waals surface area contributed by atoms with E-state index >= 15 is 0 Å². The predicted molar refractivity (Wildman–Crippen MR) is 206 cm³/mol. The highest BCUT2D eigenvalue weighted by molar-refractivity contribution is 7.58. The lowest BCUT2D eigenvalue weighted by molar-refractivity contribution is -0.130. The normalized spacial score (nSPS) is 18.9. The molecular weight excluding hydrogens is 691 g/mol. The average molecular weight is 747 g/mol. The summed E-state index contributed by atoms with van der Waals surface area (Å²) in [6.07, 6.45) is 5.28. The standard InChI is InChI=1S/C41H55N4O7P/c1-3-4-14-25-53(50,51)40(37(42-29-46)34-23-21-30(2)22-24-34)45-39(48)35(26-31-15-8-5-9-16-31)43-38(47)36(27-32-17-10-6-11-18-32)44-41(49)52-28-33-19-12-7-13-20-33/h5-13,15-20,29-30,34-37,40H,3-4,14,21-28H2,1-2H3,(H,42,46)(H,43,47)(H,44,49)(H,45,48)(H,50,51)/t30?,34?,35-,36-,37?,40?/m0/s1. The lowest BCUT2D eigenvalue weighted by atomic mass is 9.79. The summed E-state index contributed by atoms with van der Waals surface area (Å²) < 4.78 is 19.6. The van der Waals surface area contributed by atoms with Crippen LogP contribution in [-0.4, -0.2) is 59.3 Å². The van der Waals surface area contributed by atoms with E-state index in [4.69, 9.17) is 4.74 Å². The van der Waals surface area contributed by atoms with E-state index < -0.39 is 49.2 Å². The number of carbonyl (C=O) groups is 4. The second-order valence-corrected chi connectivity index (χ2v) is 16.7. The van der Waals surface area contributed by atoms with Crippen LogP contribution in [-0.2, 0) is 43.1 Å². The molecule has 5 N–H and O–H groups in total. The number of ether oxygens (including phenoxy) is 1. The quantitative estimate of drug-likeness (QED) is 0.0531. The lowest BCUT2D eigenvalue weighted by Gasteiger charge is -2.39. The maximum atomic E-state index is 14.4. The molecule has 3 aromatic rings. The van der Waals surface area contributed by atoms with E-state index in [0.717, 1.165) is 55.2 Å². The van der Waals surface area contributed by atoms with Crippen molar-refractivity contribution in [3.05, 3.63) is 108 Å². The fraction of sp³-hybridized carbons (Fsp3) is 0.463. The van der Waals surface area contributed by atoms with Crippen molar-refractivity contribution in [2.24, 2.45) is 11.8 Å². The van der Waals surface area contributed by atoms with Crippen molar-refractivity contribution in [2.45, 2.75) is 102 Å². The second-order valence-electron chi connectivity index (χ2n) is 14.2. The Balaban J connectivity index is 1.61. The number of rotatable bonds is 20. The highest BCUT2D eigenvalue weighted by atomic mass is 31.2. The SMILES string of the molecule is CCCCCP(=O)(O)C(NC(=O)[C@H](Cc1ccccc1)NC(=O)[C@H](Cc1ccccc1)NC(=O)OCc1ccccc1)C(NC=O)C1CCC(C)CC1. The zero-order valence-corrected chi connectivity index (χ0v) is 31.7. The summed E-state index contributed by atoms with van der Waals surface area (Å²) in [5.41, 5.74) is 2.30. The number of hydrogen-bond donors (Lipinski definition) is 5. The van der Waals surface area contributed by atoms with Crippen LogP contribution in [0.1, 0.15) is 75.5 Å². The molecule has 1 saturated carbocycles. The number of carbonyl (C=O) groups excluding carboxylic acids is 4. The van der Waals surface area contributed by atoms with Crippen LogP contribution in [0.5, 0.6) is 0 Å². The van der Waals surface area contributed by atoms with E-state index in [1.807, 2.05) is 97.9 Å². The molecule has 3 unspecified atom stereocenters. The number of alkyl carbamates (subject to hydrolysis) is 1. The highest BCUT2D eigenvalue weighted by Gasteiger charge is 2.43. The Hall–Kier alpha value is -4.47. The molecule has 286 valence electrons. The van der Waals surface area contributed by atoms with E-state index in [0.29, 0.717) is 18.7 Å². The van der Waals surface area contributed by atoms with Gasteiger partial charge in [0.05, 0.1) is 6.04 Å². The van der Waals surface area contributed by atoms with Gasteiger partial charge in [-0.1, -0.05) is 131 Å². The summed E-state index contributed by atoms with van der Waals surface area (Å²) in [4.78, 5) is 65.1. The third-order valence-corrected chi connectivity index (χ3v) is 12.3. The summed E-state index contributed by atoms with van der Waals surface area (Å²) in [7, 11) is -4.07. The Bertz CT molecular complexity index is 1620. The van der Waals surface area contributed by atoms with Gasteiger partial charge in [0, 0.05) is 19.0 Å². The van der Waals surface area contributed by atoms with Crippen LogP contribution in [0.3, 0.4) is 0 Å². The number of hydrogen-bond acceptors (Lipinski definition) is 6. The van der Waals surface area contributed by atoms with Crippen LogP contribution in [0.25, 0.3) is 0 Å². The van der Waals surface area contributed by atoms with Crippen molar-refractivity contribution >= 4 is 31.7 Å². The molecule has 1 aliphatic rings. The number of benzene rings is 3. The first-order chi connectivity index (χ1) is 25.6. The van der Waals surface area contributed by atoms with Gasteiger partial charge in [0.15, 0.2) is 0 Å². The van der Waals surface area contributed by atoms with E-state index in [2.05, 4.69) is 28.2 Å². The number of nitrogens with one attached hydrogen (secondary N) is 4. The topological polar surface area (TPSA) is 163 Å². The van der Waals surface area contributed by atoms with Gasteiger partial charge in [0.2, 0.25) is 25.6 Å². The van der Waals surface area contributed by atoms with Gasteiger partial charge in [0.25, 0.3) is 0 Å². The molecule has 4 rings (SSSR count). The van der Waals surface area contributed by atoms with Crippen LogP contribution < -0.4 is 21.3 Å². The van der Waals surface area contributed by atoms with Gasteiger partial charge < -0.3 is 30.9 Å². The molecule has 5 atom stereocenters. The molecular formula is C41H55N4O7P. The summed E-state index contributed by atoms with van der Waals surface area (Å²) in [6, 6.07) is 24.4. The molecule has 12 heteroatoms. The molecule has 4 amide bonds. The van der Waals surface area contributed by atoms with Gasteiger partial charge in [-0.05, 0) is 47.8 Å². The minimum Gasteiger partial charge on any atom is -0.445 e. The molecule has 1 fully saturated rings. The van der Waals surface area contributed by atoms with Gasteiger partial charge in [-0.15, -0.1) is 0 Å². The maximum absolute atomic E-state index is 14.4. The monoisotopic (exact) mass is 746 g/mol. The van der Waals surface area contributed by atoms with Crippen molar-refractivity contribution in [2.75, 3.05) is 6.16 Å². The predicted octanol–water partition coefficient (Wildman–Crippen LogP) is 6.10. The lowest BCUT2D eigenvalue weighted by Crippen LogP contribution is -2.59. The first-order valence-electron chi connectivity index (χ1n) is 18.8. The highest BCUT2D eigenvalue weighted by Crippen LogP contribution is 2.50. The van der Waals surface area contributed by atoms with E-state index in [1.165, 1.54) is 0 Å². The zero-order valence-electron chi connectivity index (χ0n) is 30.8. The smallest absolute Gasteiger partial charge is 0.408 e. The third kappa shape index (κ3) is 13.5. The molecule has 53 heavy (non-hydrogen) atoms. The van der Waals surface area contributed by atoms with Gasteiger partial charge >= 0.3 is 6.09 Å².